The quantitative estimate of drug-likeness (QED) is 0.765. The Morgan fingerprint density at radius 2 is 2.28 bits per heavy atom. The van der Waals surface area contributed by atoms with Crippen LogP contribution < -0.4 is 0 Å². The highest BCUT2D eigenvalue weighted by molar-refractivity contribution is 5.97. The van der Waals surface area contributed by atoms with Gasteiger partial charge >= 0.3 is 0 Å². The van der Waals surface area contributed by atoms with Gasteiger partial charge in [-0.1, -0.05) is 13.3 Å². The first-order valence-corrected chi connectivity index (χ1v) is 7.23. The Morgan fingerprint density at radius 3 is 2.89 bits per heavy atom. The van der Waals surface area contributed by atoms with E-state index >= 15 is 0 Å². The van der Waals surface area contributed by atoms with Crippen LogP contribution in [0.2, 0.25) is 0 Å². The molecule has 3 heteroatoms. The van der Waals surface area contributed by atoms with Gasteiger partial charge in [-0.15, -0.1) is 0 Å². The summed E-state index contributed by atoms with van der Waals surface area (Å²) in [6.07, 6.45) is 8.93. The van der Waals surface area contributed by atoms with Crippen LogP contribution in [0.1, 0.15) is 55.1 Å². The average molecular weight is 246 g/mol. The van der Waals surface area contributed by atoms with Gasteiger partial charge in [-0.2, -0.15) is 5.10 Å². The molecule has 2 bridgehead atoms. The first-order chi connectivity index (χ1) is 8.67. The van der Waals surface area contributed by atoms with Crippen molar-refractivity contribution in [1.82, 2.24) is 9.78 Å². The van der Waals surface area contributed by atoms with Crippen molar-refractivity contribution in [2.45, 2.75) is 45.4 Å². The summed E-state index contributed by atoms with van der Waals surface area (Å²) in [5.41, 5.74) is 1.83. The molecule has 3 rings (SSSR count). The third-order valence-corrected chi connectivity index (χ3v) is 4.87. The number of nitrogens with zero attached hydrogens (tertiary/aromatic N) is 2. The summed E-state index contributed by atoms with van der Waals surface area (Å²) in [4.78, 5) is 12.4. The lowest BCUT2D eigenvalue weighted by molar-refractivity contribution is 0.0943. The van der Waals surface area contributed by atoms with Crippen molar-refractivity contribution in [1.29, 1.82) is 0 Å². The first-order valence-electron chi connectivity index (χ1n) is 7.23. The lowest BCUT2D eigenvalue weighted by Crippen LogP contribution is -2.15. The zero-order chi connectivity index (χ0) is 12.7. The van der Waals surface area contributed by atoms with E-state index in [1.165, 1.54) is 25.7 Å². The fourth-order valence-electron chi connectivity index (χ4n) is 4.00. The molecule has 2 fully saturated rings. The Balaban J connectivity index is 1.71. The van der Waals surface area contributed by atoms with Crippen LogP contribution in [0, 0.1) is 17.8 Å². The van der Waals surface area contributed by atoms with Crippen LogP contribution in [0.15, 0.2) is 6.20 Å². The summed E-state index contributed by atoms with van der Waals surface area (Å²) >= 11 is 0. The van der Waals surface area contributed by atoms with Crippen molar-refractivity contribution in [2.75, 3.05) is 0 Å². The molecular weight excluding hydrogens is 224 g/mol. The van der Waals surface area contributed by atoms with Crippen LogP contribution in [0.5, 0.6) is 0 Å². The van der Waals surface area contributed by atoms with Crippen molar-refractivity contribution >= 4 is 5.78 Å². The molecule has 98 valence electrons. The van der Waals surface area contributed by atoms with Gasteiger partial charge in [0.25, 0.3) is 0 Å². The monoisotopic (exact) mass is 246 g/mol. The minimum atomic E-state index is 0.317. The van der Waals surface area contributed by atoms with Gasteiger partial charge in [0.05, 0.1) is 11.3 Å². The highest BCUT2D eigenvalue weighted by atomic mass is 16.1. The molecule has 0 radical (unpaired) electrons. The van der Waals surface area contributed by atoms with Gasteiger partial charge in [-0.3, -0.25) is 9.48 Å². The highest BCUT2D eigenvalue weighted by Crippen LogP contribution is 2.49. The number of fused-ring (bicyclic) bond motifs is 2. The molecule has 3 atom stereocenters. The van der Waals surface area contributed by atoms with Crippen molar-refractivity contribution in [2.24, 2.45) is 24.8 Å². The van der Waals surface area contributed by atoms with Crippen LogP contribution in [-0.4, -0.2) is 15.6 Å². The van der Waals surface area contributed by atoms with E-state index in [4.69, 9.17) is 0 Å². The summed E-state index contributed by atoms with van der Waals surface area (Å²) < 4.78 is 1.77. The Hall–Kier alpha value is -1.12. The predicted octanol–water partition coefficient (Wildman–Crippen LogP) is 2.99. The van der Waals surface area contributed by atoms with E-state index in [1.807, 2.05) is 13.2 Å². The maximum Gasteiger partial charge on any atom is 0.166 e. The third-order valence-electron chi connectivity index (χ3n) is 4.87. The number of Topliss-reactive ketones (excluding diaryl/α,β-unsaturated/α-hetero) is 1. The molecule has 1 aromatic rings. The number of rotatable bonds is 4. The van der Waals surface area contributed by atoms with Gasteiger partial charge in [0, 0.05) is 19.7 Å². The molecule has 2 aliphatic carbocycles. The summed E-state index contributed by atoms with van der Waals surface area (Å²) in [7, 11) is 1.90. The van der Waals surface area contributed by atoms with E-state index in [0.717, 1.165) is 35.9 Å². The predicted molar refractivity (Wildman–Crippen MR) is 70.5 cm³/mol. The maximum absolute atomic E-state index is 12.4. The smallest absolute Gasteiger partial charge is 0.166 e. The van der Waals surface area contributed by atoms with E-state index in [0.29, 0.717) is 11.7 Å². The van der Waals surface area contributed by atoms with E-state index in [1.54, 1.807) is 4.68 Å². The molecule has 1 aromatic heterocycles. The maximum atomic E-state index is 12.4. The standard InChI is InChI=1S/C15H22N2O/c1-3-14-13(9-17(2)16-14)15(18)8-12-7-10-4-5-11(12)6-10/h9-12H,3-8H2,1-2H3. The molecule has 1 heterocycles. The number of aryl methyl sites for hydroxylation is 2. The summed E-state index contributed by atoms with van der Waals surface area (Å²) in [6.45, 7) is 2.07. The number of carbonyl (C=O) groups excluding carboxylic acids is 1. The SMILES string of the molecule is CCc1nn(C)cc1C(=O)CC1CC2CCC1C2. The van der Waals surface area contributed by atoms with Crippen LogP contribution in [0.4, 0.5) is 0 Å². The third kappa shape index (κ3) is 2.00. The fourth-order valence-corrected chi connectivity index (χ4v) is 4.00. The van der Waals surface area contributed by atoms with E-state index in [-0.39, 0.29) is 0 Å². The minimum absolute atomic E-state index is 0.317. The molecule has 2 saturated carbocycles. The topological polar surface area (TPSA) is 34.9 Å². The second-order valence-electron chi connectivity index (χ2n) is 6.08. The second-order valence-corrected chi connectivity index (χ2v) is 6.08. The van der Waals surface area contributed by atoms with E-state index < -0.39 is 0 Å². The second kappa shape index (κ2) is 4.52. The summed E-state index contributed by atoms with van der Waals surface area (Å²) in [6, 6.07) is 0. The molecule has 18 heavy (non-hydrogen) atoms. The van der Waals surface area contributed by atoms with Crippen LogP contribution in [0.25, 0.3) is 0 Å². The number of ketones is 1. The van der Waals surface area contributed by atoms with Gasteiger partial charge in [-0.25, -0.2) is 0 Å². The normalized spacial score (nSPS) is 30.0. The lowest BCUT2D eigenvalue weighted by atomic mass is 9.84. The van der Waals surface area contributed by atoms with Gasteiger partial charge < -0.3 is 0 Å². The van der Waals surface area contributed by atoms with Gasteiger partial charge in [0.15, 0.2) is 5.78 Å². The van der Waals surface area contributed by atoms with Gasteiger partial charge in [0.2, 0.25) is 0 Å². The fraction of sp³-hybridized carbons (Fsp3) is 0.733. The lowest BCUT2D eigenvalue weighted by Gasteiger charge is -2.20. The Kier molecular flexibility index (Phi) is 3.00. The molecule has 3 nitrogen and oxygen atoms in total. The number of aromatic nitrogens is 2. The zero-order valence-corrected chi connectivity index (χ0v) is 11.4. The molecule has 2 aliphatic rings. The Labute approximate surface area is 109 Å². The van der Waals surface area contributed by atoms with Crippen molar-refractivity contribution in [3.8, 4) is 0 Å². The molecule has 0 aliphatic heterocycles. The van der Waals surface area contributed by atoms with Crippen LogP contribution >= 0.6 is 0 Å². The molecule has 0 amide bonds. The summed E-state index contributed by atoms with van der Waals surface area (Å²) in [5, 5.41) is 4.37. The average Bonchev–Trinajstić information content (AvgIpc) is 3.02. The van der Waals surface area contributed by atoms with Crippen molar-refractivity contribution in [3.63, 3.8) is 0 Å². The molecular formula is C15H22N2O. The zero-order valence-electron chi connectivity index (χ0n) is 11.4. The largest absolute Gasteiger partial charge is 0.294 e. The van der Waals surface area contributed by atoms with E-state index in [9.17, 15) is 4.79 Å². The Bertz CT molecular complexity index is 463. The minimum Gasteiger partial charge on any atom is -0.294 e. The number of carbonyl (C=O) groups is 1. The first kappa shape index (κ1) is 11.9. The van der Waals surface area contributed by atoms with Crippen molar-refractivity contribution < 1.29 is 4.79 Å². The van der Waals surface area contributed by atoms with Crippen LogP contribution in [0.3, 0.4) is 0 Å². The van der Waals surface area contributed by atoms with E-state index in [2.05, 4.69) is 12.0 Å². The molecule has 0 spiro atoms. The highest BCUT2D eigenvalue weighted by Gasteiger charge is 2.40. The van der Waals surface area contributed by atoms with Crippen LogP contribution in [-0.2, 0) is 13.5 Å². The summed E-state index contributed by atoms with van der Waals surface area (Å²) in [5.74, 6) is 2.73. The Morgan fingerprint density at radius 1 is 1.44 bits per heavy atom. The molecule has 3 unspecified atom stereocenters. The van der Waals surface area contributed by atoms with Gasteiger partial charge in [-0.05, 0) is 43.4 Å². The van der Waals surface area contributed by atoms with Crippen molar-refractivity contribution in [3.05, 3.63) is 17.5 Å². The number of hydrogen-bond donors (Lipinski definition) is 0. The molecule has 0 N–H and O–H groups in total. The van der Waals surface area contributed by atoms with Gasteiger partial charge in [0.1, 0.15) is 0 Å². The molecule has 0 aromatic carbocycles. The number of hydrogen-bond acceptors (Lipinski definition) is 2. The molecule has 0 saturated heterocycles.